The lowest BCUT2D eigenvalue weighted by Crippen LogP contribution is -2.37. The van der Waals surface area contributed by atoms with Crippen molar-refractivity contribution in [2.75, 3.05) is 13.2 Å². The molecule has 0 amide bonds. The van der Waals surface area contributed by atoms with Crippen LogP contribution >= 0.6 is 0 Å². The van der Waals surface area contributed by atoms with Crippen molar-refractivity contribution in [3.63, 3.8) is 0 Å². The number of hydrogen-bond acceptors (Lipinski definition) is 3. The van der Waals surface area contributed by atoms with Crippen LogP contribution in [0, 0.1) is 6.92 Å². The summed E-state index contributed by atoms with van der Waals surface area (Å²) in [5.74, 6) is 0.462. The highest BCUT2D eigenvalue weighted by molar-refractivity contribution is 5.73. The fraction of sp³-hybridized carbons (Fsp3) is 0.562. The van der Waals surface area contributed by atoms with Crippen LogP contribution in [0.2, 0.25) is 0 Å². The summed E-state index contributed by atoms with van der Waals surface area (Å²) >= 11 is 0. The summed E-state index contributed by atoms with van der Waals surface area (Å²) in [5.41, 5.74) is 2.52. The Labute approximate surface area is 121 Å². The molecular weight excluding hydrogens is 254 g/mol. The zero-order valence-electron chi connectivity index (χ0n) is 12.8. The molecule has 1 aromatic carbocycles. The number of benzene rings is 1. The molecule has 0 spiro atoms. The average Bonchev–Trinajstić information content (AvgIpc) is 2.37. The Hall–Kier alpha value is -1.55. The normalized spacial score (nSPS) is 12.4. The van der Waals surface area contributed by atoms with E-state index in [2.05, 4.69) is 32.2 Å². The van der Waals surface area contributed by atoms with Crippen LogP contribution in [0.3, 0.4) is 0 Å². The summed E-state index contributed by atoms with van der Waals surface area (Å²) in [6.45, 7) is 9.32. The predicted molar refractivity (Wildman–Crippen MR) is 80.5 cm³/mol. The van der Waals surface area contributed by atoms with Crippen molar-refractivity contribution in [2.24, 2.45) is 0 Å². The topological polar surface area (TPSA) is 58.6 Å². The van der Waals surface area contributed by atoms with Gasteiger partial charge in [0.25, 0.3) is 0 Å². The summed E-state index contributed by atoms with van der Waals surface area (Å²) < 4.78 is 5.65. The molecule has 1 rings (SSSR count). The van der Waals surface area contributed by atoms with E-state index in [4.69, 9.17) is 9.84 Å². The van der Waals surface area contributed by atoms with E-state index in [9.17, 15) is 4.79 Å². The maximum absolute atomic E-state index is 11.0. The Morgan fingerprint density at radius 3 is 2.60 bits per heavy atom. The number of rotatable bonds is 8. The molecule has 0 aliphatic heterocycles. The zero-order valence-corrected chi connectivity index (χ0v) is 12.8. The first-order chi connectivity index (χ1) is 9.45. The lowest BCUT2D eigenvalue weighted by atomic mass is 9.98. The quantitative estimate of drug-likeness (QED) is 0.768. The molecule has 0 bridgehead atoms. The summed E-state index contributed by atoms with van der Waals surface area (Å²) in [6, 6.07) is 5.49. The van der Waals surface area contributed by atoms with Crippen LogP contribution in [0.1, 0.15) is 44.2 Å². The lowest BCUT2D eigenvalue weighted by Gasteiger charge is -2.15. The monoisotopic (exact) mass is 279 g/mol. The lowest BCUT2D eigenvalue weighted by molar-refractivity contribution is -0.139. The van der Waals surface area contributed by atoms with Crippen LogP contribution in [0.15, 0.2) is 18.2 Å². The molecule has 1 atom stereocenters. The molecule has 0 radical (unpaired) electrons. The fourth-order valence-electron chi connectivity index (χ4n) is 2.24. The van der Waals surface area contributed by atoms with Gasteiger partial charge >= 0.3 is 5.97 Å². The van der Waals surface area contributed by atoms with Crippen molar-refractivity contribution >= 4 is 5.97 Å². The van der Waals surface area contributed by atoms with Gasteiger partial charge in [0.15, 0.2) is 0 Å². The second kappa shape index (κ2) is 7.90. The number of ether oxygens (including phenoxy) is 1. The third-order valence-corrected chi connectivity index (χ3v) is 3.29. The molecule has 0 fully saturated rings. The number of carboxylic acid groups (broad SMARTS) is 1. The van der Waals surface area contributed by atoms with Gasteiger partial charge in [0, 0.05) is 6.42 Å². The number of carboxylic acids is 1. The number of likely N-dealkylation sites (N-methyl/N-ethyl adjacent to an activating group) is 1. The largest absolute Gasteiger partial charge is 0.494 e. The zero-order chi connectivity index (χ0) is 15.1. The van der Waals surface area contributed by atoms with Gasteiger partial charge in [-0.15, -0.1) is 0 Å². The smallest absolute Gasteiger partial charge is 0.320 e. The summed E-state index contributed by atoms with van der Waals surface area (Å²) in [6.07, 6.45) is 0.453. The molecule has 2 N–H and O–H groups in total. The summed E-state index contributed by atoms with van der Waals surface area (Å²) in [5, 5.41) is 11.9. The third kappa shape index (κ3) is 4.85. The van der Waals surface area contributed by atoms with Crippen molar-refractivity contribution < 1.29 is 14.6 Å². The van der Waals surface area contributed by atoms with Crippen LogP contribution in [-0.4, -0.2) is 30.3 Å². The molecule has 0 aromatic heterocycles. The summed E-state index contributed by atoms with van der Waals surface area (Å²) in [4.78, 5) is 11.0. The number of carbonyl (C=O) groups is 1. The minimum atomic E-state index is -0.832. The van der Waals surface area contributed by atoms with Crippen molar-refractivity contribution in [3.8, 4) is 5.75 Å². The van der Waals surface area contributed by atoms with Gasteiger partial charge in [-0.3, -0.25) is 4.79 Å². The van der Waals surface area contributed by atoms with Crippen LogP contribution in [0.4, 0.5) is 0 Å². The van der Waals surface area contributed by atoms with E-state index in [1.165, 1.54) is 11.1 Å². The van der Waals surface area contributed by atoms with Crippen LogP contribution in [0.25, 0.3) is 0 Å². The van der Waals surface area contributed by atoms with E-state index in [1.54, 1.807) is 0 Å². The summed E-state index contributed by atoms with van der Waals surface area (Å²) in [7, 11) is 0. The van der Waals surface area contributed by atoms with Crippen molar-refractivity contribution in [1.82, 2.24) is 5.32 Å². The van der Waals surface area contributed by atoms with Gasteiger partial charge in [0.2, 0.25) is 0 Å². The molecule has 0 aliphatic rings. The van der Waals surface area contributed by atoms with E-state index in [0.29, 0.717) is 25.5 Å². The third-order valence-electron chi connectivity index (χ3n) is 3.29. The Kier molecular flexibility index (Phi) is 6.52. The van der Waals surface area contributed by atoms with Gasteiger partial charge in [-0.1, -0.05) is 26.8 Å². The number of aliphatic carboxylic acids is 1. The van der Waals surface area contributed by atoms with Gasteiger partial charge in [-0.05, 0) is 42.6 Å². The molecule has 4 nitrogen and oxygen atoms in total. The molecule has 0 heterocycles. The molecule has 0 aliphatic carbocycles. The van der Waals surface area contributed by atoms with E-state index < -0.39 is 12.0 Å². The highest BCUT2D eigenvalue weighted by Crippen LogP contribution is 2.23. The highest BCUT2D eigenvalue weighted by atomic mass is 16.5. The molecule has 0 saturated carbocycles. The first-order valence-corrected chi connectivity index (χ1v) is 7.15. The van der Waals surface area contributed by atoms with Crippen LogP contribution in [-0.2, 0) is 4.79 Å². The van der Waals surface area contributed by atoms with E-state index in [-0.39, 0.29) is 0 Å². The predicted octanol–water partition coefficient (Wildman–Crippen LogP) is 2.95. The van der Waals surface area contributed by atoms with Crippen molar-refractivity contribution in [1.29, 1.82) is 0 Å². The second-order valence-corrected chi connectivity index (χ2v) is 5.26. The minimum Gasteiger partial charge on any atom is -0.494 e. The van der Waals surface area contributed by atoms with E-state index in [0.717, 1.165) is 5.75 Å². The van der Waals surface area contributed by atoms with Crippen LogP contribution in [0.5, 0.6) is 5.75 Å². The van der Waals surface area contributed by atoms with Gasteiger partial charge in [0.05, 0.1) is 6.61 Å². The minimum absolute atomic E-state index is 0.393. The maximum Gasteiger partial charge on any atom is 0.320 e. The fourth-order valence-corrected chi connectivity index (χ4v) is 2.24. The molecule has 0 saturated heterocycles. The molecule has 20 heavy (non-hydrogen) atoms. The molecular formula is C16H25NO3. The van der Waals surface area contributed by atoms with Crippen LogP contribution < -0.4 is 10.1 Å². The van der Waals surface area contributed by atoms with Gasteiger partial charge in [-0.2, -0.15) is 0 Å². The van der Waals surface area contributed by atoms with Gasteiger partial charge in [-0.25, -0.2) is 0 Å². The van der Waals surface area contributed by atoms with Crippen molar-refractivity contribution in [3.05, 3.63) is 29.3 Å². The number of aryl methyl sites for hydroxylation is 1. The average molecular weight is 279 g/mol. The molecule has 4 heteroatoms. The Bertz CT molecular complexity index is 443. The van der Waals surface area contributed by atoms with E-state index in [1.807, 2.05) is 19.1 Å². The number of nitrogens with one attached hydrogen (secondary N) is 1. The SMILES string of the molecule is CCNC(CCOc1ccc(C(C)C)c(C)c1)C(=O)O. The number of hydrogen-bond donors (Lipinski definition) is 2. The van der Waals surface area contributed by atoms with E-state index >= 15 is 0 Å². The first kappa shape index (κ1) is 16.5. The van der Waals surface area contributed by atoms with Gasteiger partial charge < -0.3 is 15.2 Å². The Morgan fingerprint density at radius 1 is 1.40 bits per heavy atom. The van der Waals surface area contributed by atoms with Crippen molar-refractivity contribution in [2.45, 2.75) is 46.1 Å². The Balaban J connectivity index is 2.53. The maximum atomic E-state index is 11.0. The Morgan fingerprint density at radius 2 is 2.10 bits per heavy atom. The second-order valence-electron chi connectivity index (χ2n) is 5.26. The molecule has 1 aromatic rings. The standard InChI is InChI=1S/C16H25NO3/c1-5-17-15(16(18)19)8-9-20-13-6-7-14(11(2)3)12(4)10-13/h6-7,10-11,15,17H,5,8-9H2,1-4H3,(H,18,19). The first-order valence-electron chi connectivity index (χ1n) is 7.15. The van der Waals surface area contributed by atoms with Gasteiger partial charge in [0.1, 0.15) is 11.8 Å². The highest BCUT2D eigenvalue weighted by Gasteiger charge is 2.15. The molecule has 112 valence electrons. The molecule has 1 unspecified atom stereocenters.